The van der Waals surface area contributed by atoms with E-state index >= 15 is 0 Å². The van der Waals surface area contributed by atoms with Gasteiger partial charge >= 0.3 is 0 Å². The molecule has 0 aliphatic carbocycles. The number of carbonyl (C=O) groups excluding carboxylic acids is 1. The van der Waals surface area contributed by atoms with Gasteiger partial charge in [-0.25, -0.2) is 0 Å². The van der Waals surface area contributed by atoms with Crippen molar-refractivity contribution in [1.82, 2.24) is 5.32 Å². The van der Waals surface area contributed by atoms with Crippen LogP contribution in [0.15, 0.2) is 122 Å². The van der Waals surface area contributed by atoms with Crippen LogP contribution in [0.2, 0.25) is 0 Å². The molecular formula is C53H85NO8. The first-order valence-electron chi connectivity index (χ1n) is 23.8. The Morgan fingerprint density at radius 2 is 1.00 bits per heavy atom. The van der Waals surface area contributed by atoms with Crippen molar-refractivity contribution in [2.75, 3.05) is 13.2 Å². The highest BCUT2D eigenvalue weighted by molar-refractivity contribution is 5.76. The maximum atomic E-state index is 12.8. The average Bonchev–Trinajstić information content (AvgIpc) is 3.27. The van der Waals surface area contributed by atoms with Crippen LogP contribution in [0.4, 0.5) is 0 Å². The van der Waals surface area contributed by atoms with Crippen LogP contribution in [0.1, 0.15) is 149 Å². The van der Waals surface area contributed by atoms with Gasteiger partial charge in [0.05, 0.1) is 25.4 Å². The van der Waals surface area contributed by atoms with Crippen LogP contribution < -0.4 is 5.32 Å². The minimum absolute atomic E-state index is 0.204. The molecule has 1 amide bonds. The van der Waals surface area contributed by atoms with Crippen molar-refractivity contribution in [1.29, 1.82) is 0 Å². The second-order valence-electron chi connectivity index (χ2n) is 15.8. The lowest BCUT2D eigenvalue weighted by molar-refractivity contribution is -0.302. The van der Waals surface area contributed by atoms with E-state index in [-0.39, 0.29) is 12.5 Å². The molecule has 9 heteroatoms. The Morgan fingerprint density at radius 1 is 0.565 bits per heavy atom. The number of amides is 1. The fourth-order valence-corrected chi connectivity index (χ4v) is 6.48. The lowest BCUT2D eigenvalue weighted by Gasteiger charge is -2.40. The van der Waals surface area contributed by atoms with Crippen molar-refractivity contribution >= 4 is 5.91 Å². The quantitative estimate of drug-likeness (QED) is 0.0267. The molecule has 350 valence electrons. The number of aliphatic hydroxyl groups is 5. The number of aliphatic hydroxyl groups excluding tert-OH is 5. The van der Waals surface area contributed by atoms with Crippen LogP contribution in [-0.4, -0.2) is 87.5 Å². The number of ether oxygens (including phenoxy) is 2. The van der Waals surface area contributed by atoms with E-state index in [0.717, 1.165) is 109 Å². The molecule has 0 radical (unpaired) electrons. The zero-order valence-corrected chi connectivity index (χ0v) is 38.3. The number of allylic oxidation sites excluding steroid dienone is 19. The molecule has 1 rings (SSSR count). The number of carbonyl (C=O) groups is 1. The molecule has 7 atom stereocenters. The molecule has 0 spiro atoms. The van der Waals surface area contributed by atoms with Crippen LogP contribution in [0.25, 0.3) is 0 Å². The van der Waals surface area contributed by atoms with Crippen LogP contribution in [0.5, 0.6) is 0 Å². The van der Waals surface area contributed by atoms with Crippen molar-refractivity contribution in [3.8, 4) is 0 Å². The van der Waals surface area contributed by atoms with E-state index in [0.29, 0.717) is 6.42 Å². The van der Waals surface area contributed by atoms with E-state index in [1.54, 1.807) is 6.08 Å². The maximum absolute atomic E-state index is 12.8. The van der Waals surface area contributed by atoms with E-state index in [1.807, 2.05) is 6.08 Å². The largest absolute Gasteiger partial charge is 0.394 e. The first-order chi connectivity index (χ1) is 30.3. The third kappa shape index (κ3) is 31.4. The van der Waals surface area contributed by atoms with Crippen molar-refractivity contribution in [2.45, 2.75) is 192 Å². The Kier molecular flexibility index (Phi) is 38.0. The van der Waals surface area contributed by atoms with Crippen molar-refractivity contribution in [3.63, 3.8) is 0 Å². The van der Waals surface area contributed by atoms with Gasteiger partial charge in [0.15, 0.2) is 6.29 Å². The second-order valence-corrected chi connectivity index (χ2v) is 15.8. The van der Waals surface area contributed by atoms with Gasteiger partial charge in [-0.1, -0.05) is 180 Å². The molecule has 1 aliphatic rings. The number of hydrogen-bond donors (Lipinski definition) is 6. The molecule has 9 nitrogen and oxygen atoms in total. The standard InChI is InChI=1S/C53H85NO8/c1-3-5-7-9-10-11-12-13-14-15-16-17-18-19-20-21-22-23-24-25-26-27-28-29-30-31-32-33-34-35-36-37-38-39-41-43-49(57)54-46(47(56)42-40-8-6-4-2)45-61-53-52(60)51(59)50(58)48(44-55)62-53/h5,7,10-11,13-14,16-17,19-20,22-23,25-26,28-29,31-32,40,42,46-48,50-53,55-56,58-60H,3-4,6,8-9,12,15,18,21,24,27,30,33-39,41,43-45H2,1-2H3,(H,54,57)/b7-5-,11-10-,14-13-,17-16-,20-19-,23-22-,26-25-,29-28-,32-31-,42-40+. The fourth-order valence-electron chi connectivity index (χ4n) is 6.48. The highest BCUT2D eigenvalue weighted by Crippen LogP contribution is 2.22. The van der Waals surface area contributed by atoms with Crippen molar-refractivity contribution in [3.05, 3.63) is 122 Å². The summed E-state index contributed by atoms with van der Waals surface area (Å²) in [5.41, 5.74) is 0. The fraction of sp³-hybridized carbons (Fsp3) is 0.604. The highest BCUT2D eigenvalue weighted by Gasteiger charge is 2.44. The third-order valence-electron chi connectivity index (χ3n) is 10.3. The molecule has 0 bridgehead atoms. The Labute approximate surface area is 376 Å². The van der Waals surface area contributed by atoms with E-state index in [2.05, 4.69) is 129 Å². The van der Waals surface area contributed by atoms with E-state index in [9.17, 15) is 30.3 Å². The number of rotatable bonds is 37. The number of hydrogen-bond acceptors (Lipinski definition) is 8. The summed E-state index contributed by atoms with van der Waals surface area (Å²) < 4.78 is 11.1. The smallest absolute Gasteiger partial charge is 0.220 e. The lowest BCUT2D eigenvalue weighted by atomic mass is 9.99. The Bertz CT molecular complexity index is 1370. The van der Waals surface area contributed by atoms with Gasteiger partial charge in [-0.05, 0) is 83.5 Å². The molecule has 62 heavy (non-hydrogen) atoms. The van der Waals surface area contributed by atoms with Gasteiger partial charge < -0.3 is 40.3 Å². The first-order valence-corrected chi connectivity index (χ1v) is 23.8. The molecule has 1 saturated heterocycles. The molecule has 6 N–H and O–H groups in total. The van der Waals surface area contributed by atoms with Gasteiger partial charge in [-0.3, -0.25) is 4.79 Å². The molecule has 0 aromatic heterocycles. The monoisotopic (exact) mass is 864 g/mol. The molecule has 0 aromatic rings. The summed E-state index contributed by atoms with van der Waals surface area (Å²) in [5.74, 6) is -0.205. The Balaban J connectivity index is 2.10. The normalized spacial score (nSPS) is 21.4. The predicted octanol–water partition coefficient (Wildman–Crippen LogP) is 10.4. The summed E-state index contributed by atoms with van der Waals surface area (Å²) in [6.45, 7) is 3.46. The topological polar surface area (TPSA) is 149 Å². The highest BCUT2D eigenvalue weighted by atomic mass is 16.7. The van der Waals surface area contributed by atoms with Gasteiger partial charge in [-0.15, -0.1) is 0 Å². The number of nitrogens with one attached hydrogen (secondary N) is 1. The Hall–Kier alpha value is -3.41. The summed E-state index contributed by atoms with van der Waals surface area (Å²) in [5, 5.41) is 53.6. The Morgan fingerprint density at radius 3 is 1.47 bits per heavy atom. The minimum atomic E-state index is -1.57. The lowest BCUT2D eigenvalue weighted by Crippen LogP contribution is -2.60. The summed E-state index contributed by atoms with van der Waals surface area (Å²) >= 11 is 0. The zero-order chi connectivity index (χ0) is 45.1. The second kappa shape index (κ2) is 41.6. The maximum Gasteiger partial charge on any atom is 0.220 e. The van der Waals surface area contributed by atoms with Gasteiger partial charge in [0.2, 0.25) is 5.91 Å². The van der Waals surface area contributed by atoms with E-state index in [1.165, 1.54) is 19.3 Å². The van der Waals surface area contributed by atoms with Crippen molar-refractivity contribution < 1.29 is 39.8 Å². The molecule has 7 unspecified atom stereocenters. The summed E-state index contributed by atoms with van der Waals surface area (Å²) in [6.07, 6.45) is 56.1. The van der Waals surface area contributed by atoms with Crippen LogP contribution in [0.3, 0.4) is 0 Å². The SMILES string of the molecule is CC/C=C\C/C=C\C/C=C\C/C=C\C/C=C\C/C=C\C/C=C\C/C=C\C/C=C\CCCCCCCCCC(=O)NC(COC1OC(CO)C(O)C(O)C1O)C(O)/C=C/CCCC. The molecule has 1 aliphatic heterocycles. The van der Waals surface area contributed by atoms with Crippen LogP contribution in [0, 0.1) is 0 Å². The molecule has 0 saturated carbocycles. The van der Waals surface area contributed by atoms with E-state index < -0.39 is 49.5 Å². The minimum Gasteiger partial charge on any atom is -0.394 e. The van der Waals surface area contributed by atoms with E-state index in [4.69, 9.17) is 9.47 Å². The van der Waals surface area contributed by atoms with Crippen LogP contribution in [-0.2, 0) is 14.3 Å². The van der Waals surface area contributed by atoms with Gasteiger partial charge in [-0.2, -0.15) is 0 Å². The molecular weight excluding hydrogens is 779 g/mol. The predicted molar refractivity (Wildman–Crippen MR) is 257 cm³/mol. The zero-order valence-electron chi connectivity index (χ0n) is 38.3. The molecule has 0 aromatic carbocycles. The summed E-state index contributed by atoms with van der Waals surface area (Å²) in [6, 6.07) is -0.815. The number of unbranched alkanes of at least 4 members (excludes halogenated alkanes) is 9. The first kappa shape index (κ1) is 56.6. The van der Waals surface area contributed by atoms with Gasteiger partial charge in [0, 0.05) is 6.42 Å². The molecule has 1 heterocycles. The van der Waals surface area contributed by atoms with Crippen molar-refractivity contribution in [2.24, 2.45) is 0 Å². The summed E-state index contributed by atoms with van der Waals surface area (Å²) in [7, 11) is 0. The summed E-state index contributed by atoms with van der Waals surface area (Å²) in [4.78, 5) is 12.8. The van der Waals surface area contributed by atoms with Gasteiger partial charge in [0.1, 0.15) is 24.4 Å². The third-order valence-corrected chi connectivity index (χ3v) is 10.3. The van der Waals surface area contributed by atoms with Gasteiger partial charge in [0.25, 0.3) is 0 Å². The van der Waals surface area contributed by atoms with Crippen LogP contribution >= 0.6 is 0 Å². The molecule has 1 fully saturated rings. The average molecular weight is 864 g/mol.